The van der Waals surface area contributed by atoms with Crippen molar-refractivity contribution in [2.24, 2.45) is 5.41 Å². The van der Waals surface area contributed by atoms with Crippen LogP contribution < -0.4 is 10.4 Å². The number of benzene rings is 2. The maximum absolute atomic E-state index is 13.4. The van der Waals surface area contributed by atoms with Gasteiger partial charge in [0.25, 0.3) is 5.91 Å². The molecule has 0 unspecified atom stereocenters. The van der Waals surface area contributed by atoms with Crippen LogP contribution in [-0.2, 0) is 14.4 Å². The van der Waals surface area contributed by atoms with E-state index in [0.29, 0.717) is 16.3 Å². The van der Waals surface area contributed by atoms with Crippen LogP contribution in [0.2, 0.25) is 5.02 Å². The fourth-order valence-corrected chi connectivity index (χ4v) is 4.60. The molecule has 3 amide bonds. The Balaban J connectivity index is 1.54. The maximum atomic E-state index is 13.4. The lowest BCUT2D eigenvalue weighted by Gasteiger charge is -2.40. The third-order valence-corrected chi connectivity index (χ3v) is 6.49. The zero-order valence-corrected chi connectivity index (χ0v) is 19.7. The van der Waals surface area contributed by atoms with E-state index in [2.05, 4.69) is 5.32 Å². The number of carbonyl (C=O) groups is 4. The molecule has 1 saturated heterocycles. The van der Waals surface area contributed by atoms with Crippen LogP contribution in [0.25, 0.3) is 11.1 Å². The summed E-state index contributed by atoms with van der Waals surface area (Å²) in [6.45, 7) is 3.90. The predicted octanol–water partition coefficient (Wildman–Crippen LogP) is 2.17. The molecule has 0 radical (unpaired) electrons. The highest BCUT2D eigenvalue weighted by Gasteiger charge is 2.41. The van der Waals surface area contributed by atoms with Crippen molar-refractivity contribution < 1.29 is 24.3 Å². The molecule has 2 aliphatic rings. The van der Waals surface area contributed by atoms with Gasteiger partial charge >= 0.3 is 0 Å². The molecule has 2 aromatic carbocycles. The lowest BCUT2D eigenvalue weighted by molar-refractivity contribution is -0.307. The summed E-state index contributed by atoms with van der Waals surface area (Å²) >= 11 is 5.98. The molecule has 0 aliphatic carbocycles. The lowest BCUT2D eigenvalue weighted by Crippen LogP contribution is -2.59. The van der Waals surface area contributed by atoms with Gasteiger partial charge in [-0.1, -0.05) is 43.6 Å². The SMILES string of the molecule is CC(C)(CC(=O)[O-])CC(=O)N1CCN2C(=O)c3cc(-c4ccc(Cl)cc4)ccc3NC(=O)[C@@H]2C1. The summed E-state index contributed by atoms with van der Waals surface area (Å²) in [4.78, 5) is 53.3. The molecule has 2 aromatic rings. The minimum absolute atomic E-state index is 0.00788. The first-order chi connectivity index (χ1) is 16.0. The zero-order chi connectivity index (χ0) is 24.6. The second-order valence-electron chi connectivity index (χ2n) is 9.50. The molecule has 9 heteroatoms. The van der Waals surface area contributed by atoms with Crippen LogP contribution in [-0.4, -0.2) is 59.2 Å². The van der Waals surface area contributed by atoms with Crippen molar-refractivity contribution in [3.05, 3.63) is 53.1 Å². The fourth-order valence-electron chi connectivity index (χ4n) is 4.47. The zero-order valence-electron chi connectivity index (χ0n) is 19.0. The van der Waals surface area contributed by atoms with Gasteiger partial charge < -0.3 is 25.0 Å². The van der Waals surface area contributed by atoms with Crippen molar-refractivity contribution in [3.63, 3.8) is 0 Å². The highest BCUT2D eigenvalue weighted by molar-refractivity contribution is 6.30. The number of amides is 3. The molecule has 0 aromatic heterocycles. The van der Waals surface area contributed by atoms with Gasteiger partial charge in [-0.3, -0.25) is 14.4 Å². The van der Waals surface area contributed by atoms with Gasteiger partial charge in [0, 0.05) is 30.5 Å². The topological polar surface area (TPSA) is 110 Å². The molecule has 4 rings (SSSR count). The summed E-state index contributed by atoms with van der Waals surface area (Å²) in [7, 11) is 0. The first-order valence-corrected chi connectivity index (χ1v) is 11.4. The largest absolute Gasteiger partial charge is 0.550 e. The third kappa shape index (κ3) is 4.92. The van der Waals surface area contributed by atoms with Gasteiger partial charge in [0.1, 0.15) is 6.04 Å². The summed E-state index contributed by atoms with van der Waals surface area (Å²) in [5.41, 5.74) is 1.75. The number of rotatable bonds is 5. The first-order valence-electron chi connectivity index (χ1n) is 11.0. The van der Waals surface area contributed by atoms with Gasteiger partial charge in [0.2, 0.25) is 11.8 Å². The van der Waals surface area contributed by atoms with Crippen LogP contribution in [0.15, 0.2) is 42.5 Å². The number of carboxylic acid groups (broad SMARTS) is 1. The number of carboxylic acids is 1. The number of anilines is 1. The summed E-state index contributed by atoms with van der Waals surface area (Å²) in [5.74, 6) is -2.11. The number of halogens is 1. The van der Waals surface area contributed by atoms with Gasteiger partial charge in [-0.05, 0) is 47.2 Å². The molecular formula is C25H25ClN3O5-. The quantitative estimate of drug-likeness (QED) is 0.702. The molecule has 8 nitrogen and oxygen atoms in total. The number of carbonyl (C=O) groups excluding carboxylic acids is 4. The number of nitrogens with one attached hydrogen (secondary N) is 1. The Kier molecular flexibility index (Phi) is 6.36. The van der Waals surface area contributed by atoms with Crippen LogP contribution in [0.3, 0.4) is 0 Å². The number of hydrogen-bond acceptors (Lipinski definition) is 5. The second-order valence-corrected chi connectivity index (χ2v) is 9.94. The summed E-state index contributed by atoms with van der Waals surface area (Å²) in [6, 6.07) is 11.7. The van der Waals surface area contributed by atoms with Crippen LogP contribution in [0.4, 0.5) is 5.69 Å². The monoisotopic (exact) mass is 482 g/mol. The summed E-state index contributed by atoms with van der Waals surface area (Å²) in [5, 5.41) is 14.4. The Bertz CT molecular complexity index is 1160. The van der Waals surface area contributed by atoms with Crippen molar-refractivity contribution in [1.29, 1.82) is 0 Å². The van der Waals surface area contributed by atoms with Crippen LogP contribution >= 0.6 is 11.6 Å². The van der Waals surface area contributed by atoms with Gasteiger partial charge in [0.15, 0.2) is 0 Å². The van der Waals surface area contributed by atoms with Gasteiger partial charge in [-0.15, -0.1) is 0 Å². The fraction of sp³-hybridized carbons (Fsp3) is 0.360. The van der Waals surface area contributed by atoms with Crippen molar-refractivity contribution in [2.45, 2.75) is 32.7 Å². The van der Waals surface area contributed by atoms with Crippen molar-refractivity contribution in [3.8, 4) is 11.1 Å². The highest BCUT2D eigenvalue weighted by atomic mass is 35.5. The summed E-state index contributed by atoms with van der Waals surface area (Å²) < 4.78 is 0. The lowest BCUT2D eigenvalue weighted by atomic mass is 9.85. The molecule has 0 bridgehead atoms. The average Bonchev–Trinajstić information content (AvgIpc) is 2.87. The van der Waals surface area contributed by atoms with Crippen LogP contribution in [0, 0.1) is 5.41 Å². The predicted molar refractivity (Wildman–Crippen MR) is 125 cm³/mol. The highest BCUT2D eigenvalue weighted by Crippen LogP contribution is 2.31. The van der Waals surface area contributed by atoms with E-state index in [1.54, 1.807) is 38.1 Å². The van der Waals surface area contributed by atoms with E-state index in [0.717, 1.165) is 11.1 Å². The molecule has 1 fully saturated rings. The van der Waals surface area contributed by atoms with E-state index in [1.165, 1.54) is 9.80 Å². The molecular weight excluding hydrogens is 458 g/mol. The first kappa shape index (κ1) is 23.8. The molecule has 2 heterocycles. The number of hydrogen-bond donors (Lipinski definition) is 1. The van der Waals surface area contributed by atoms with Crippen LogP contribution in [0.5, 0.6) is 0 Å². The minimum Gasteiger partial charge on any atom is -0.550 e. The summed E-state index contributed by atoms with van der Waals surface area (Å²) in [6.07, 6.45) is -0.236. The molecule has 0 spiro atoms. The Morgan fingerprint density at radius 3 is 2.41 bits per heavy atom. The molecule has 2 aliphatic heterocycles. The average molecular weight is 483 g/mol. The Labute approximate surface area is 202 Å². The van der Waals surface area contributed by atoms with E-state index in [4.69, 9.17) is 11.6 Å². The maximum Gasteiger partial charge on any atom is 0.256 e. The Hall–Kier alpha value is -3.39. The van der Waals surface area contributed by atoms with E-state index >= 15 is 0 Å². The third-order valence-electron chi connectivity index (χ3n) is 6.23. The van der Waals surface area contributed by atoms with E-state index in [1.807, 2.05) is 18.2 Å². The van der Waals surface area contributed by atoms with Gasteiger partial charge in [0.05, 0.1) is 17.8 Å². The standard InChI is InChI=1S/C25H26ClN3O5/c1-25(2,13-22(31)32)12-21(30)28-9-10-29-20(14-28)23(33)27-19-8-5-16(11-18(19)24(29)34)15-3-6-17(26)7-4-15/h3-8,11,20H,9-10,12-14H2,1-2H3,(H,27,33)(H,31,32)/p-1/t20-/m0/s1. The molecule has 1 atom stereocenters. The number of nitrogens with zero attached hydrogens (tertiary/aromatic N) is 2. The normalized spacial score (nSPS) is 18.0. The Morgan fingerprint density at radius 2 is 1.74 bits per heavy atom. The van der Waals surface area contributed by atoms with Crippen molar-refractivity contribution in [2.75, 3.05) is 25.0 Å². The minimum atomic E-state index is -1.22. The van der Waals surface area contributed by atoms with E-state index < -0.39 is 17.4 Å². The van der Waals surface area contributed by atoms with Crippen LogP contribution in [0.1, 0.15) is 37.0 Å². The van der Waals surface area contributed by atoms with E-state index in [-0.39, 0.29) is 50.2 Å². The number of piperazine rings is 1. The molecule has 178 valence electrons. The second kappa shape index (κ2) is 9.10. The molecule has 34 heavy (non-hydrogen) atoms. The number of fused-ring (bicyclic) bond motifs is 2. The van der Waals surface area contributed by atoms with Crippen molar-refractivity contribution in [1.82, 2.24) is 9.80 Å². The smallest absolute Gasteiger partial charge is 0.256 e. The van der Waals surface area contributed by atoms with Gasteiger partial charge in [-0.25, -0.2) is 0 Å². The Morgan fingerprint density at radius 1 is 1.06 bits per heavy atom. The molecule has 0 saturated carbocycles. The van der Waals surface area contributed by atoms with Gasteiger partial charge in [-0.2, -0.15) is 0 Å². The van der Waals surface area contributed by atoms with Crippen molar-refractivity contribution >= 4 is 41.0 Å². The molecule has 1 N–H and O–H groups in total. The van der Waals surface area contributed by atoms with E-state index in [9.17, 15) is 24.3 Å². The number of aliphatic carboxylic acids is 1.